The number of carbonyl (C=O) groups excluding carboxylic acids is 2. The van der Waals surface area contributed by atoms with Gasteiger partial charge < -0.3 is 29.0 Å². The molecule has 8 nitrogen and oxygen atoms in total. The number of methoxy groups -OCH3 is 2. The van der Waals surface area contributed by atoms with Crippen molar-refractivity contribution in [2.75, 3.05) is 40.6 Å². The number of rotatable bonds is 12. The Hall–Kier alpha value is -3.78. The van der Waals surface area contributed by atoms with Crippen LogP contribution in [0.4, 0.5) is 0 Å². The maximum absolute atomic E-state index is 13.1. The SMILES string of the molecule is C=CCOc1ccc(C(O)=C2C(=O)C(=O)N(CCCOC)C2c2ccc(OCC)c(OC)c2)cc1. The van der Waals surface area contributed by atoms with Gasteiger partial charge in [-0.3, -0.25) is 9.59 Å². The second kappa shape index (κ2) is 12.1. The Morgan fingerprint density at radius 3 is 2.46 bits per heavy atom. The molecule has 2 aromatic rings. The number of amides is 1. The van der Waals surface area contributed by atoms with E-state index in [9.17, 15) is 14.7 Å². The molecule has 1 amide bonds. The van der Waals surface area contributed by atoms with Gasteiger partial charge in [-0.1, -0.05) is 18.7 Å². The summed E-state index contributed by atoms with van der Waals surface area (Å²) in [5.41, 5.74) is 1.03. The molecule has 1 aliphatic rings. The first-order chi connectivity index (χ1) is 17.0. The van der Waals surface area contributed by atoms with E-state index in [1.807, 2.05) is 6.92 Å². The molecule has 35 heavy (non-hydrogen) atoms. The molecular weight excluding hydrogens is 450 g/mol. The van der Waals surface area contributed by atoms with Gasteiger partial charge in [-0.2, -0.15) is 0 Å². The third-order valence-corrected chi connectivity index (χ3v) is 5.59. The smallest absolute Gasteiger partial charge is 0.295 e. The minimum absolute atomic E-state index is 0.0124. The molecule has 1 saturated heterocycles. The summed E-state index contributed by atoms with van der Waals surface area (Å²) in [7, 11) is 3.10. The molecule has 186 valence electrons. The second-order valence-electron chi connectivity index (χ2n) is 7.81. The number of aliphatic hydroxyl groups excluding tert-OH is 1. The Morgan fingerprint density at radius 2 is 1.83 bits per heavy atom. The van der Waals surface area contributed by atoms with Crippen molar-refractivity contribution in [3.63, 3.8) is 0 Å². The molecule has 1 unspecified atom stereocenters. The monoisotopic (exact) mass is 481 g/mol. The highest BCUT2D eigenvalue weighted by Crippen LogP contribution is 2.42. The van der Waals surface area contributed by atoms with Crippen LogP contribution in [-0.4, -0.2) is 62.3 Å². The number of ketones is 1. The van der Waals surface area contributed by atoms with E-state index in [0.717, 1.165) is 0 Å². The van der Waals surface area contributed by atoms with Crippen molar-refractivity contribution in [1.82, 2.24) is 4.90 Å². The van der Waals surface area contributed by atoms with Crippen LogP contribution in [0.15, 0.2) is 60.7 Å². The molecule has 1 N–H and O–H groups in total. The number of hydrogen-bond donors (Lipinski definition) is 1. The van der Waals surface area contributed by atoms with Gasteiger partial charge in [0.15, 0.2) is 11.5 Å². The number of ether oxygens (including phenoxy) is 4. The highest BCUT2D eigenvalue weighted by atomic mass is 16.5. The number of nitrogens with zero attached hydrogens (tertiary/aromatic N) is 1. The number of benzene rings is 2. The van der Waals surface area contributed by atoms with Crippen LogP contribution in [-0.2, 0) is 14.3 Å². The van der Waals surface area contributed by atoms with Gasteiger partial charge in [0, 0.05) is 25.8 Å². The van der Waals surface area contributed by atoms with Crippen LogP contribution in [0.25, 0.3) is 5.76 Å². The average molecular weight is 482 g/mol. The highest BCUT2D eigenvalue weighted by molar-refractivity contribution is 6.46. The van der Waals surface area contributed by atoms with E-state index >= 15 is 0 Å². The van der Waals surface area contributed by atoms with Gasteiger partial charge in [0.25, 0.3) is 11.7 Å². The zero-order chi connectivity index (χ0) is 25.4. The van der Waals surface area contributed by atoms with Gasteiger partial charge >= 0.3 is 0 Å². The van der Waals surface area contributed by atoms with Gasteiger partial charge in [-0.05, 0) is 55.3 Å². The summed E-state index contributed by atoms with van der Waals surface area (Å²) in [5.74, 6) is -0.0723. The number of hydrogen-bond acceptors (Lipinski definition) is 7. The van der Waals surface area contributed by atoms with E-state index in [1.54, 1.807) is 55.7 Å². The quantitative estimate of drug-likeness (QED) is 0.160. The molecular formula is C27H31NO7. The Kier molecular flexibility index (Phi) is 8.92. The van der Waals surface area contributed by atoms with Crippen molar-refractivity contribution >= 4 is 17.4 Å². The molecule has 1 aliphatic heterocycles. The van der Waals surface area contributed by atoms with Crippen LogP contribution in [0.1, 0.15) is 30.5 Å². The lowest BCUT2D eigenvalue weighted by atomic mass is 9.95. The van der Waals surface area contributed by atoms with Crippen LogP contribution in [0.5, 0.6) is 17.2 Å². The van der Waals surface area contributed by atoms with E-state index in [1.165, 1.54) is 12.0 Å². The van der Waals surface area contributed by atoms with Crippen LogP contribution >= 0.6 is 0 Å². The number of aliphatic hydroxyl groups is 1. The van der Waals surface area contributed by atoms with Gasteiger partial charge in [-0.25, -0.2) is 0 Å². The largest absolute Gasteiger partial charge is 0.507 e. The predicted molar refractivity (Wildman–Crippen MR) is 132 cm³/mol. The van der Waals surface area contributed by atoms with Crippen molar-refractivity contribution in [2.45, 2.75) is 19.4 Å². The zero-order valence-electron chi connectivity index (χ0n) is 20.3. The molecule has 0 saturated carbocycles. The third kappa shape index (κ3) is 5.66. The second-order valence-corrected chi connectivity index (χ2v) is 7.81. The molecule has 1 fully saturated rings. The van der Waals surface area contributed by atoms with E-state index < -0.39 is 17.7 Å². The molecule has 0 spiro atoms. The molecule has 1 heterocycles. The van der Waals surface area contributed by atoms with Gasteiger partial charge in [0.05, 0.1) is 25.3 Å². The first-order valence-electron chi connectivity index (χ1n) is 11.4. The summed E-state index contributed by atoms with van der Waals surface area (Å²) >= 11 is 0. The summed E-state index contributed by atoms with van der Waals surface area (Å²) in [5, 5.41) is 11.2. The lowest BCUT2D eigenvalue weighted by Gasteiger charge is -2.26. The molecule has 2 aromatic carbocycles. The Balaban J connectivity index is 2.09. The van der Waals surface area contributed by atoms with Crippen LogP contribution in [0.2, 0.25) is 0 Å². The number of Topliss-reactive ketones (excluding diaryl/α,β-unsaturated/α-hetero) is 1. The molecule has 8 heteroatoms. The first-order valence-corrected chi connectivity index (χ1v) is 11.4. The summed E-state index contributed by atoms with van der Waals surface area (Å²) < 4.78 is 21.7. The van der Waals surface area contributed by atoms with Crippen molar-refractivity contribution in [3.05, 3.63) is 71.8 Å². The lowest BCUT2D eigenvalue weighted by molar-refractivity contribution is -0.140. The number of carbonyl (C=O) groups is 2. The Bertz CT molecular complexity index is 1090. The summed E-state index contributed by atoms with van der Waals surface area (Å²) in [4.78, 5) is 27.6. The van der Waals surface area contributed by atoms with Crippen LogP contribution < -0.4 is 14.2 Å². The molecule has 0 bridgehead atoms. The van der Waals surface area contributed by atoms with Crippen molar-refractivity contribution in [3.8, 4) is 17.2 Å². The summed E-state index contributed by atoms with van der Waals surface area (Å²) in [6.07, 6.45) is 2.16. The maximum atomic E-state index is 13.1. The fraction of sp³-hybridized carbons (Fsp3) is 0.333. The maximum Gasteiger partial charge on any atom is 0.295 e. The van der Waals surface area contributed by atoms with E-state index in [4.69, 9.17) is 18.9 Å². The molecule has 0 aromatic heterocycles. The normalized spacial score (nSPS) is 16.9. The van der Waals surface area contributed by atoms with E-state index in [-0.39, 0.29) is 17.9 Å². The molecule has 0 radical (unpaired) electrons. The highest BCUT2D eigenvalue weighted by Gasteiger charge is 2.46. The molecule has 0 aliphatic carbocycles. The van der Waals surface area contributed by atoms with E-state index in [2.05, 4.69) is 6.58 Å². The number of likely N-dealkylation sites (tertiary alicyclic amines) is 1. The van der Waals surface area contributed by atoms with Crippen molar-refractivity contribution in [1.29, 1.82) is 0 Å². The minimum Gasteiger partial charge on any atom is -0.507 e. The minimum atomic E-state index is -0.798. The summed E-state index contributed by atoms with van der Waals surface area (Å²) in [6.45, 7) is 6.99. The van der Waals surface area contributed by atoms with Crippen molar-refractivity contribution in [2.24, 2.45) is 0 Å². The van der Waals surface area contributed by atoms with Gasteiger partial charge in [-0.15, -0.1) is 0 Å². The Labute approximate surface area is 205 Å². The van der Waals surface area contributed by atoms with Gasteiger partial charge in [0.2, 0.25) is 0 Å². The van der Waals surface area contributed by atoms with E-state index in [0.29, 0.717) is 54.6 Å². The molecule has 3 rings (SSSR count). The standard InChI is InChI=1S/C27H31NO7/c1-5-15-35-20-11-8-18(9-12-20)25(29)23-24(28(14-7-16-32-3)27(31)26(23)30)19-10-13-21(34-6-2)22(17-19)33-4/h5,8-13,17,24,29H,1,6-7,14-16H2,2-4H3. The van der Waals surface area contributed by atoms with Crippen molar-refractivity contribution < 1.29 is 33.6 Å². The van der Waals surface area contributed by atoms with Gasteiger partial charge in [0.1, 0.15) is 18.1 Å². The topological polar surface area (TPSA) is 94.5 Å². The fourth-order valence-corrected chi connectivity index (χ4v) is 3.99. The van der Waals surface area contributed by atoms with Crippen LogP contribution in [0, 0.1) is 0 Å². The molecule has 1 atom stereocenters. The first kappa shape index (κ1) is 25.8. The lowest BCUT2D eigenvalue weighted by Crippen LogP contribution is -2.31. The average Bonchev–Trinajstić information content (AvgIpc) is 3.13. The third-order valence-electron chi connectivity index (χ3n) is 5.59. The fourth-order valence-electron chi connectivity index (χ4n) is 3.99. The summed E-state index contributed by atoms with van der Waals surface area (Å²) in [6, 6.07) is 11.1. The zero-order valence-corrected chi connectivity index (χ0v) is 20.3. The predicted octanol–water partition coefficient (Wildman–Crippen LogP) is 4.12. The van der Waals surface area contributed by atoms with Crippen LogP contribution in [0.3, 0.4) is 0 Å². The Morgan fingerprint density at radius 1 is 1.09 bits per heavy atom.